The molecule has 32 heavy (non-hydrogen) atoms. The van der Waals surface area contributed by atoms with Gasteiger partial charge in [0, 0.05) is 36.7 Å². The van der Waals surface area contributed by atoms with Gasteiger partial charge in [0.15, 0.2) is 5.78 Å². The Morgan fingerprint density at radius 3 is 2.38 bits per heavy atom. The molecule has 0 saturated carbocycles. The lowest BCUT2D eigenvalue weighted by atomic mass is 10.1. The summed E-state index contributed by atoms with van der Waals surface area (Å²) in [6.45, 7) is 6.38. The first-order valence-corrected chi connectivity index (χ1v) is 10.3. The average Bonchev–Trinajstić information content (AvgIpc) is 3.20. The molecule has 0 amide bonds. The first-order chi connectivity index (χ1) is 15.3. The van der Waals surface area contributed by atoms with Gasteiger partial charge in [-0.15, -0.1) is 0 Å². The molecule has 7 N–H and O–H groups in total. The van der Waals surface area contributed by atoms with E-state index in [1.165, 1.54) is 13.0 Å². The molecule has 8 heteroatoms. The predicted octanol–water partition coefficient (Wildman–Crippen LogP) is 3.17. The molecule has 1 unspecified atom stereocenters. The summed E-state index contributed by atoms with van der Waals surface area (Å²) in [5, 5.41) is 12.4. The number of phenols is 1. The predicted molar refractivity (Wildman–Crippen MR) is 132 cm³/mol. The molecule has 3 rings (SSSR count). The van der Waals surface area contributed by atoms with E-state index >= 15 is 0 Å². The van der Waals surface area contributed by atoms with Crippen molar-refractivity contribution in [1.29, 1.82) is 0 Å². The molecule has 1 aliphatic heterocycles. The number of methoxy groups -OCH3 is 1. The molecule has 1 saturated heterocycles. The molecule has 1 aliphatic rings. The number of aromatic hydroxyl groups is 1. The number of hydrogen-bond acceptors (Lipinski definition) is 7. The molecule has 2 heterocycles. The molecular formula is C24H38N4O4. The summed E-state index contributed by atoms with van der Waals surface area (Å²) in [5.74, 6) is 0.730. The Labute approximate surface area is 191 Å². The fraction of sp³-hybridized carbons (Fsp3) is 0.375. The minimum atomic E-state index is 0.0185. The highest BCUT2D eigenvalue weighted by Gasteiger charge is 2.11. The third-order valence-electron chi connectivity index (χ3n) is 4.08. The topological polar surface area (TPSA) is 136 Å². The standard InChI is InChI=1S/C12H13N3O.C6H12O2.C4H6O.C2H7N/c13-10(7-8-5-6-15-12(8)14)9-3-1-2-4-11(9)16;1-7-6-3-2-4-8-5-6;1-3-4(2)5;1-3-2/h1-7,15-16H,13-14H2;6H,2-5H2,1H3;3H,1H2,2H3;3H,1-2H3/b10-7-;;;. The molecule has 0 radical (unpaired) electrons. The number of benzene rings is 1. The van der Waals surface area contributed by atoms with Crippen molar-refractivity contribution >= 4 is 23.4 Å². The number of phenolic OH excluding ortho intramolecular Hbond substituents is 1. The summed E-state index contributed by atoms with van der Waals surface area (Å²) in [6, 6.07) is 8.73. The summed E-state index contributed by atoms with van der Waals surface area (Å²) in [6.07, 6.45) is 7.42. The van der Waals surface area contributed by atoms with E-state index in [0.29, 0.717) is 23.2 Å². The number of allylic oxidation sites excluding steroid dienone is 1. The van der Waals surface area contributed by atoms with Gasteiger partial charge in [0.2, 0.25) is 0 Å². The fourth-order valence-electron chi connectivity index (χ4n) is 2.38. The summed E-state index contributed by atoms with van der Waals surface area (Å²) >= 11 is 0. The molecule has 178 valence electrons. The zero-order chi connectivity index (χ0) is 24.4. The summed E-state index contributed by atoms with van der Waals surface area (Å²) in [4.78, 5) is 12.5. The highest BCUT2D eigenvalue weighted by Crippen LogP contribution is 2.24. The molecule has 1 aromatic heterocycles. The lowest BCUT2D eigenvalue weighted by Crippen LogP contribution is -2.23. The quantitative estimate of drug-likeness (QED) is 0.455. The van der Waals surface area contributed by atoms with E-state index in [4.69, 9.17) is 20.9 Å². The molecule has 8 nitrogen and oxygen atoms in total. The van der Waals surface area contributed by atoms with E-state index in [0.717, 1.165) is 31.6 Å². The number of rotatable bonds is 4. The molecule has 1 fully saturated rings. The lowest BCUT2D eigenvalue weighted by Gasteiger charge is -2.19. The van der Waals surface area contributed by atoms with E-state index < -0.39 is 0 Å². The highest BCUT2D eigenvalue weighted by molar-refractivity contribution is 5.86. The number of anilines is 1. The van der Waals surface area contributed by atoms with Gasteiger partial charge in [-0.1, -0.05) is 18.7 Å². The molecule has 0 aliphatic carbocycles. The number of carbonyl (C=O) groups is 1. The van der Waals surface area contributed by atoms with Crippen LogP contribution in [0.2, 0.25) is 0 Å². The van der Waals surface area contributed by atoms with Crippen LogP contribution in [0.3, 0.4) is 0 Å². The van der Waals surface area contributed by atoms with Crippen LogP contribution in [0.4, 0.5) is 5.82 Å². The van der Waals surface area contributed by atoms with E-state index in [2.05, 4.69) is 16.9 Å². The number of ether oxygens (including phenoxy) is 2. The molecular weight excluding hydrogens is 408 g/mol. The van der Waals surface area contributed by atoms with Gasteiger partial charge in [0.25, 0.3) is 0 Å². The van der Waals surface area contributed by atoms with Crippen LogP contribution in [0.25, 0.3) is 11.8 Å². The number of ketones is 1. The zero-order valence-corrected chi connectivity index (χ0v) is 19.6. The van der Waals surface area contributed by atoms with Crippen LogP contribution >= 0.6 is 0 Å². The highest BCUT2D eigenvalue weighted by atomic mass is 16.5. The molecule has 0 spiro atoms. The van der Waals surface area contributed by atoms with Crippen molar-refractivity contribution in [2.75, 3.05) is 40.2 Å². The number of para-hydroxylation sites is 1. The zero-order valence-electron chi connectivity index (χ0n) is 19.6. The van der Waals surface area contributed by atoms with E-state index in [1.54, 1.807) is 37.6 Å². The monoisotopic (exact) mass is 446 g/mol. The summed E-state index contributed by atoms with van der Waals surface area (Å²) < 4.78 is 10.2. The Balaban J connectivity index is 0.000000500. The van der Waals surface area contributed by atoms with Crippen molar-refractivity contribution in [3.8, 4) is 5.75 Å². The van der Waals surface area contributed by atoms with E-state index in [1.807, 2.05) is 26.2 Å². The molecule has 0 bridgehead atoms. The van der Waals surface area contributed by atoms with Crippen molar-refractivity contribution in [3.63, 3.8) is 0 Å². The number of nitrogen functional groups attached to an aromatic ring is 1. The number of aromatic amines is 1. The van der Waals surface area contributed by atoms with Crippen molar-refractivity contribution in [2.45, 2.75) is 25.9 Å². The average molecular weight is 447 g/mol. The Morgan fingerprint density at radius 1 is 1.34 bits per heavy atom. The third kappa shape index (κ3) is 12.6. The Morgan fingerprint density at radius 2 is 1.97 bits per heavy atom. The Bertz CT molecular complexity index is 812. The first kappa shape index (κ1) is 28.9. The van der Waals surface area contributed by atoms with Crippen LogP contribution in [-0.4, -0.2) is 56.4 Å². The fourth-order valence-corrected chi connectivity index (χ4v) is 2.38. The number of carbonyl (C=O) groups excluding carboxylic acids is 1. The summed E-state index contributed by atoms with van der Waals surface area (Å²) in [5.41, 5.74) is 13.5. The van der Waals surface area contributed by atoms with Gasteiger partial charge in [0.1, 0.15) is 11.6 Å². The molecule has 2 aromatic rings. The van der Waals surface area contributed by atoms with Crippen molar-refractivity contribution in [2.24, 2.45) is 5.73 Å². The lowest BCUT2D eigenvalue weighted by molar-refractivity contribution is -0.112. The van der Waals surface area contributed by atoms with Crippen LogP contribution in [0.15, 0.2) is 49.2 Å². The van der Waals surface area contributed by atoms with Gasteiger partial charge < -0.3 is 36.3 Å². The van der Waals surface area contributed by atoms with E-state index in [-0.39, 0.29) is 11.5 Å². The van der Waals surface area contributed by atoms with Gasteiger partial charge in [-0.25, -0.2) is 0 Å². The van der Waals surface area contributed by atoms with Gasteiger partial charge in [0.05, 0.1) is 12.7 Å². The largest absolute Gasteiger partial charge is 0.507 e. The minimum Gasteiger partial charge on any atom is -0.507 e. The normalized spacial score (nSPS) is 15.0. The van der Waals surface area contributed by atoms with Crippen molar-refractivity contribution < 1.29 is 19.4 Å². The maximum Gasteiger partial charge on any atom is 0.152 e. The Kier molecular flexibility index (Phi) is 15.9. The van der Waals surface area contributed by atoms with Crippen LogP contribution in [0.1, 0.15) is 30.9 Å². The number of H-pyrrole nitrogens is 1. The second kappa shape index (κ2) is 17.6. The van der Waals surface area contributed by atoms with Gasteiger partial charge in [-0.2, -0.15) is 0 Å². The molecule has 1 aromatic carbocycles. The van der Waals surface area contributed by atoms with Crippen LogP contribution in [-0.2, 0) is 14.3 Å². The second-order valence-corrected chi connectivity index (χ2v) is 6.85. The number of nitrogens with one attached hydrogen (secondary N) is 2. The third-order valence-corrected chi connectivity index (χ3v) is 4.08. The smallest absolute Gasteiger partial charge is 0.152 e. The second-order valence-electron chi connectivity index (χ2n) is 6.85. The van der Waals surface area contributed by atoms with Gasteiger partial charge in [-0.3, -0.25) is 4.79 Å². The van der Waals surface area contributed by atoms with Crippen LogP contribution in [0.5, 0.6) is 5.75 Å². The summed E-state index contributed by atoms with van der Waals surface area (Å²) in [7, 11) is 5.49. The van der Waals surface area contributed by atoms with Gasteiger partial charge >= 0.3 is 0 Å². The maximum atomic E-state index is 9.69. The van der Waals surface area contributed by atoms with Crippen LogP contribution < -0.4 is 16.8 Å². The maximum absolute atomic E-state index is 9.69. The van der Waals surface area contributed by atoms with Crippen molar-refractivity contribution in [1.82, 2.24) is 10.3 Å². The minimum absolute atomic E-state index is 0.0185. The van der Waals surface area contributed by atoms with E-state index in [9.17, 15) is 9.90 Å². The first-order valence-electron chi connectivity index (χ1n) is 10.3. The molecule has 1 atom stereocenters. The van der Waals surface area contributed by atoms with Crippen molar-refractivity contribution in [3.05, 3.63) is 60.3 Å². The number of aromatic nitrogens is 1. The number of hydrogen-bond donors (Lipinski definition) is 5. The number of nitrogens with two attached hydrogens (primary N) is 2. The van der Waals surface area contributed by atoms with Gasteiger partial charge in [-0.05, 0) is 64.2 Å². The SMILES string of the molecule is C=CC(C)=O.CNC.COC1CCCOC1.N/C(=C\c1cc[nH]c1N)c1ccccc1O. The van der Waals surface area contributed by atoms with Crippen LogP contribution in [0, 0.1) is 0 Å². The Hall–Kier alpha value is -3.07.